The molecule has 0 spiro atoms. The van der Waals surface area contributed by atoms with E-state index in [-0.39, 0.29) is 5.91 Å². The van der Waals surface area contributed by atoms with Gasteiger partial charge in [-0.3, -0.25) is 9.69 Å². The first-order chi connectivity index (χ1) is 16.4. The van der Waals surface area contributed by atoms with Crippen molar-refractivity contribution in [1.82, 2.24) is 29.8 Å². The van der Waals surface area contributed by atoms with Crippen molar-refractivity contribution in [1.29, 1.82) is 0 Å². The van der Waals surface area contributed by atoms with Gasteiger partial charge in [0.05, 0.1) is 12.2 Å². The summed E-state index contributed by atoms with van der Waals surface area (Å²) in [6.07, 6.45) is 2.16. The van der Waals surface area contributed by atoms with Crippen molar-refractivity contribution in [3.05, 3.63) is 53.0 Å². The highest BCUT2D eigenvalue weighted by molar-refractivity contribution is 5.94. The molecule has 0 radical (unpaired) electrons. The molecule has 7 nitrogen and oxygen atoms in total. The number of aromatic nitrogens is 4. The Morgan fingerprint density at radius 2 is 1.94 bits per heavy atom. The van der Waals surface area contributed by atoms with Crippen LogP contribution in [-0.4, -0.2) is 57.1 Å². The second-order valence-corrected chi connectivity index (χ2v) is 9.88. The fraction of sp³-hybridized carbons (Fsp3) is 0.444. The Balaban J connectivity index is 1.52. The minimum absolute atomic E-state index is 0.0920. The average Bonchev–Trinajstić information content (AvgIpc) is 3.40. The van der Waals surface area contributed by atoms with Gasteiger partial charge in [0, 0.05) is 29.2 Å². The molecular weight excluding hydrogens is 424 g/mol. The number of hydrogen-bond acceptors (Lipinski definition) is 4. The summed E-state index contributed by atoms with van der Waals surface area (Å²) in [5, 5.41) is 8.62. The lowest BCUT2D eigenvalue weighted by atomic mass is 9.87. The fourth-order valence-electron chi connectivity index (χ4n) is 5.38. The number of aromatic amines is 1. The summed E-state index contributed by atoms with van der Waals surface area (Å²) in [4.78, 5) is 22.4. The zero-order valence-corrected chi connectivity index (χ0v) is 20.8. The molecule has 0 saturated carbocycles. The number of likely N-dealkylation sites (N-methyl/N-ethyl adjacent to an activating group) is 1. The first-order valence-corrected chi connectivity index (χ1v) is 12.3. The lowest BCUT2D eigenvalue weighted by Crippen LogP contribution is -2.40. The average molecular weight is 459 g/mol. The van der Waals surface area contributed by atoms with Crippen LogP contribution in [0.15, 0.2) is 30.3 Å². The summed E-state index contributed by atoms with van der Waals surface area (Å²) in [7, 11) is 1.70. The van der Waals surface area contributed by atoms with Gasteiger partial charge in [0.15, 0.2) is 5.65 Å². The van der Waals surface area contributed by atoms with Gasteiger partial charge < -0.3 is 10.3 Å². The number of piperidine rings is 1. The van der Waals surface area contributed by atoms with Gasteiger partial charge in [0.2, 0.25) is 5.91 Å². The lowest BCUT2D eigenvalue weighted by Gasteiger charge is -2.31. The van der Waals surface area contributed by atoms with Crippen LogP contribution in [0.1, 0.15) is 61.2 Å². The SMILES string of the molecule is CNC(=O)CN1CCC(c2ccc3[nH]c(-c4ccc(C)n5nc(C)nc45)c(C(C)C)c3c2)CC1. The Labute approximate surface area is 200 Å². The number of H-pyrrole nitrogens is 1. The zero-order chi connectivity index (χ0) is 24.0. The van der Waals surface area contributed by atoms with Gasteiger partial charge in [0.25, 0.3) is 0 Å². The molecule has 1 amide bonds. The van der Waals surface area contributed by atoms with Gasteiger partial charge in [-0.1, -0.05) is 19.9 Å². The third-order valence-electron chi connectivity index (χ3n) is 7.19. The van der Waals surface area contributed by atoms with Crippen molar-refractivity contribution in [2.45, 2.75) is 52.4 Å². The minimum Gasteiger partial charge on any atom is -0.358 e. The highest BCUT2D eigenvalue weighted by Gasteiger charge is 2.24. The Morgan fingerprint density at radius 3 is 2.65 bits per heavy atom. The fourth-order valence-corrected chi connectivity index (χ4v) is 5.38. The Hall–Kier alpha value is -3.19. The molecule has 4 heterocycles. The van der Waals surface area contributed by atoms with Crippen molar-refractivity contribution in [2.24, 2.45) is 0 Å². The standard InChI is InChI=1S/C27H34N6O/c1-16(2)25-22-14-20(19-10-12-32(13-11-19)15-24(34)28-5)7-9-23(22)30-26(25)21-8-6-17(3)33-27(21)29-18(4)31-33/h6-9,14,16,19,30H,10-13,15H2,1-5H3,(H,28,34). The van der Waals surface area contributed by atoms with Crippen molar-refractivity contribution >= 4 is 22.5 Å². The molecule has 7 heteroatoms. The summed E-state index contributed by atoms with van der Waals surface area (Å²) in [6, 6.07) is 11.2. The molecule has 1 fully saturated rings. The maximum absolute atomic E-state index is 11.7. The van der Waals surface area contributed by atoms with Crippen molar-refractivity contribution in [3.8, 4) is 11.3 Å². The van der Waals surface area contributed by atoms with E-state index >= 15 is 0 Å². The van der Waals surface area contributed by atoms with E-state index in [2.05, 4.69) is 71.4 Å². The first kappa shape index (κ1) is 22.6. The van der Waals surface area contributed by atoms with E-state index in [1.807, 2.05) is 11.4 Å². The number of benzene rings is 1. The van der Waals surface area contributed by atoms with E-state index in [0.717, 1.165) is 59.9 Å². The largest absolute Gasteiger partial charge is 0.358 e. The van der Waals surface area contributed by atoms with E-state index in [1.54, 1.807) is 7.05 Å². The third kappa shape index (κ3) is 3.98. The maximum atomic E-state index is 11.7. The second-order valence-electron chi connectivity index (χ2n) is 9.88. The molecule has 178 valence electrons. The van der Waals surface area contributed by atoms with Crippen molar-refractivity contribution in [2.75, 3.05) is 26.7 Å². The molecule has 0 bridgehead atoms. The molecule has 0 aliphatic carbocycles. The van der Waals surface area contributed by atoms with Crippen LogP contribution in [-0.2, 0) is 4.79 Å². The molecule has 1 aromatic carbocycles. The van der Waals surface area contributed by atoms with Gasteiger partial charge in [0.1, 0.15) is 5.82 Å². The van der Waals surface area contributed by atoms with Crippen molar-refractivity contribution in [3.63, 3.8) is 0 Å². The van der Waals surface area contributed by atoms with Gasteiger partial charge in [-0.15, -0.1) is 0 Å². The predicted molar refractivity (Wildman–Crippen MR) is 136 cm³/mol. The number of pyridine rings is 1. The zero-order valence-electron chi connectivity index (χ0n) is 20.8. The molecule has 1 aliphatic rings. The van der Waals surface area contributed by atoms with Crippen LogP contribution in [0.4, 0.5) is 0 Å². The number of likely N-dealkylation sites (tertiary alicyclic amines) is 1. The smallest absolute Gasteiger partial charge is 0.233 e. The van der Waals surface area contributed by atoms with Crippen LogP contribution in [0, 0.1) is 13.8 Å². The lowest BCUT2D eigenvalue weighted by molar-refractivity contribution is -0.122. The summed E-state index contributed by atoms with van der Waals surface area (Å²) < 4.78 is 1.94. The minimum atomic E-state index is 0.0920. The predicted octanol–water partition coefficient (Wildman–Crippen LogP) is 4.54. The monoisotopic (exact) mass is 458 g/mol. The summed E-state index contributed by atoms with van der Waals surface area (Å²) in [5.74, 6) is 1.75. The van der Waals surface area contributed by atoms with Gasteiger partial charge in [-0.25, -0.2) is 9.50 Å². The molecule has 1 saturated heterocycles. The first-order valence-electron chi connectivity index (χ1n) is 12.3. The van der Waals surface area contributed by atoms with Crippen LogP contribution in [0.3, 0.4) is 0 Å². The molecular formula is C27H34N6O. The number of fused-ring (bicyclic) bond motifs is 2. The quantitative estimate of drug-likeness (QED) is 0.460. The van der Waals surface area contributed by atoms with Crippen LogP contribution in [0.2, 0.25) is 0 Å². The Bertz CT molecular complexity index is 1360. The van der Waals surface area contributed by atoms with Gasteiger partial charge in [-0.2, -0.15) is 5.10 Å². The highest BCUT2D eigenvalue weighted by Crippen LogP contribution is 2.39. The van der Waals surface area contributed by atoms with Gasteiger partial charge in [-0.05, 0) is 87.0 Å². The number of amides is 1. The van der Waals surface area contributed by atoms with E-state index in [0.29, 0.717) is 18.4 Å². The molecule has 0 atom stereocenters. The number of aryl methyl sites for hydroxylation is 2. The Kier molecular flexibility index (Phi) is 5.90. The van der Waals surface area contributed by atoms with Crippen LogP contribution in [0.5, 0.6) is 0 Å². The number of hydrogen-bond donors (Lipinski definition) is 2. The van der Waals surface area contributed by atoms with E-state index in [1.165, 1.54) is 16.5 Å². The van der Waals surface area contributed by atoms with E-state index in [9.17, 15) is 4.79 Å². The number of rotatable bonds is 5. The molecule has 0 unspecified atom stereocenters. The third-order valence-corrected chi connectivity index (χ3v) is 7.19. The molecule has 2 N–H and O–H groups in total. The number of nitrogens with zero attached hydrogens (tertiary/aromatic N) is 4. The van der Waals surface area contributed by atoms with Gasteiger partial charge >= 0.3 is 0 Å². The molecule has 34 heavy (non-hydrogen) atoms. The number of carbonyl (C=O) groups is 1. The van der Waals surface area contributed by atoms with Crippen LogP contribution >= 0.6 is 0 Å². The van der Waals surface area contributed by atoms with E-state index in [4.69, 9.17) is 4.98 Å². The molecule has 3 aromatic heterocycles. The van der Waals surface area contributed by atoms with Crippen LogP contribution < -0.4 is 5.32 Å². The van der Waals surface area contributed by atoms with Crippen LogP contribution in [0.25, 0.3) is 27.8 Å². The summed E-state index contributed by atoms with van der Waals surface area (Å²) in [5.41, 5.74) is 8.10. The van der Waals surface area contributed by atoms with E-state index < -0.39 is 0 Å². The topological polar surface area (TPSA) is 78.3 Å². The second kappa shape index (κ2) is 8.87. The van der Waals surface area contributed by atoms with Crippen molar-refractivity contribution < 1.29 is 4.79 Å². The normalized spacial score (nSPS) is 15.6. The maximum Gasteiger partial charge on any atom is 0.233 e. The number of nitrogens with one attached hydrogen (secondary N) is 2. The summed E-state index contributed by atoms with van der Waals surface area (Å²) >= 11 is 0. The molecule has 4 aromatic rings. The summed E-state index contributed by atoms with van der Waals surface area (Å²) in [6.45, 7) is 10.9. The highest BCUT2D eigenvalue weighted by atomic mass is 16.1. The molecule has 5 rings (SSSR count). The number of carbonyl (C=O) groups excluding carboxylic acids is 1. The Morgan fingerprint density at radius 1 is 1.18 bits per heavy atom. The molecule has 1 aliphatic heterocycles.